The van der Waals surface area contributed by atoms with E-state index in [1.807, 2.05) is 12.1 Å². The number of aromatic nitrogens is 1. The second-order valence-electron chi connectivity index (χ2n) is 4.35. The fraction of sp³-hybridized carbons (Fsp3) is 0.267. The molecule has 0 N–H and O–H groups in total. The van der Waals surface area contributed by atoms with E-state index in [2.05, 4.69) is 51.9 Å². The summed E-state index contributed by atoms with van der Waals surface area (Å²) in [6.07, 6.45) is 4.14. The lowest BCUT2D eigenvalue weighted by molar-refractivity contribution is -0.688. The zero-order chi connectivity index (χ0) is 13.8. The third kappa shape index (κ3) is 3.87. The van der Waals surface area contributed by atoms with E-state index in [0.717, 1.165) is 28.1 Å². The highest BCUT2D eigenvalue weighted by atomic mass is 79.9. The number of methoxy groups -OCH3 is 2. The minimum atomic E-state index is 0. The third-order valence-electron chi connectivity index (χ3n) is 2.96. The molecule has 0 aliphatic rings. The first-order valence-corrected chi connectivity index (χ1v) is 6.79. The molecule has 0 fully saturated rings. The average Bonchev–Trinajstić information content (AvgIpc) is 2.43. The molecule has 1 heterocycles. The summed E-state index contributed by atoms with van der Waals surface area (Å²) in [5.74, 6) is 1.47. The molecule has 5 heteroatoms. The minimum Gasteiger partial charge on any atom is -1.00 e. The van der Waals surface area contributed by atoms with Gasteiger partial charge in [-0.2, -0.15) is 0 Å². The van der Waals surface area contributed by atoms with Gasteiger partial charge in [0.05, 0.1) is 14.2 Å². The van der Waals surface area contributed by atoms with Crippen LogP contribution >= 0.6 is 15.9 Å². The Balaban J connectivity index is 0.00000200. The van der Waals surface area contributed by atoms with Crippen molar-refractivity contribution in [2.75, 3.05) is 14.2 Å². The van der Waals surface area contributed by atoms with Gasteiger partial charge in [0, 0.05) is 22.2 Å². The van der Waals surface area contributed by atoms with E-state index in [9.17, 15) is 0 Å². The van der Waals surface area contributed by atoms with E-state index in [4.69, 9.17) is 9.47 Å². The standard InChI is InChI=1S/C15H17BrNO2.ClH/c1-11-4-6-17(7-5-11)10-12-8-14(18-2)15(19-3)9-13(12)16;/h4-9H,10H2,1-3H3;1H/q+1;/p-1. The van der Waals surface area contributed by atoms with Gasteiger partial charge < -0.3 is 21.9 Å². The average molecular weight is 359 g/mol. The van der Waals surface area contributed by atoms with Crippen molar-refractivity contribution in [3.63, 3.8) is 0 Å². The van der Waals surface area contributed by atoms with Crippen molar-refractivity contribution >= 4 is 15.9 Å². The van der Waals surface area contributed by atoms with Crippen molar-refractivity contribution in [3.8, 4) is 11.5 Å². The highest BCUT2D eigenvalue weighted by Crippen LogP contribution is 2.33. The topological polar surface area (TPSA) is 22.3 Å². The van der Waals surface area contributed by atoms with Crippen LogP contribution in [0, 0.1) is 6.92 Å². The molecule has 0 saturated heterocycles. The van der Waals surface area contributed by atoms with Crippen LogP contribution in [-0.4, -0.2) is 14.2 Å². The smallest absolute Gasteiger partial charge is 0.175 e. The third-order valence-corrected chi connectivity index (χ3v) is 3.70. The fourth-order valence-electron chi connectivity index (χ4n) is 1.85. The van der Waals surface area contributed by atoms with Crippen LogP contribution in [0.4, 0.5) is 0 Å². The zero-order valence-electron chi connectivity index (χ0n) is 11.7. The number of ether oxygens (including phenoxy) is 2. The Morgan fingerprint density at radius 2 is 1.60 bits per heavy atom. The zero-order valence-corrected chi connectivity index (χ0v) is 14.0. The Bertz CT molecular complexity index is 573. The second kappa shape index (κ2) is 7.50. The van der Waals surface area contributed by atoms with Gasteiger partial charge in [0.25, 0.3) is 0 Å². The number of hydrogen-bond donors (Lipinski definition) is 0. The largest absolute Gasteiger partial charge is 1.00 e. The molecule has 0 radical (unpaired) electrons. The van der Waals surface area contributed by atoms with E-state index in [0.29, 0.717) is 0 Å². The molecule has 0 unspecified atom stereocenters. The van der Waals surface area contributed by atoms with Gasteiger partial charge in [-0.15, -0.1) is 0 Å². The van der Waals surface area contributed by atoms with Crippen molar-refractivity contribution in [3.05, 3.63) is 52.3 Å². The lowest BCUT2D eigenvalue weighted by Crippen LogP contribution is -3.00. The maximum atomic E-state index is 5.33. The summed E-state index contributed by atoms with van der Waals surface area (Å²) < 4.78 is 13.7. The fourth-order valence-corrected chi connectivity index (χ4v) is 2.30. The predicted octanol–water partition coefficient (Wildman–Crippen LogP) is 0.115. The van der Waals surface area contributed by atoms with E-state index < -0.39 is 0 Å². The molecule has 1 aromatic heterocycles. The summed E-state index contributed by atoms with van der Waals surface area (Å²) in [6.45, 7) is 2.86. The highest BCUT2D eigenvalue weighted by molar-refractivity contribution is 9.10. The van der Waals surface area contributed by atoms with Gasteiger partial charge in [-0.1, -0.05) is 15.9 Å². The van der Waals surface area contributed by atoms with E-state index >= 15 is 0 Å². The lowest BCUT2D eigenvalue weighted by atomic mass is 10.2. The van der Waals surface area contributed by atoms with Crippen molar-refractivity contribution in [2.45, 2.75) is 13.5 Å². The van der Waals surface area contributed by atoms with Crippen LogP contribution in [0.2, 0.25) is 0 Å². The van der Waals surface area contributed by atoms with Gasteiger partial charge in [-0.05, 0) is 24.6 Å². The number of nitrogens with zero attached hydrogens (tertiary/aromatic N) is 1. The van der Waals surface area contributed by atoms with Gasteiger partial charge >= 0.3 is 0 Å². The van der Waals surface area contributed by atoms with Crippen molar-refractivity contribution in [1.29, 1.82) is 0 Å². The first-order chi connectivity index (χ1) is 9.13. The van der Waals surface area contributed by atoms with Crippen LogP contribution in [-0.2, 0) is 6.54 Å². The van der Waals surface area contributed by atoms with Gasteiger partial charge in [-0.25, -0.2) is 4.57 Å². The maximum Gasteiger partial charge on any atom is 0.175 e. The molecule has 0 bridgehead atoms. The Morgan fingerprint density at radius 1 is 1.05 bits per heavy atom. The van der Waals surface area contributed by atoms with Crippen LogP contribution in [0.5, 0.6) is 11.5 Å². The number of pyridine rings is 1. The van der Waals surface area contributed by atoms with Crippen LogP contribution in [0.3, 0.4) is 0 Å². The summed E-state index contributed by atoms with van der Waals surface area (Å²) in [4.78, 5) is 0. The molecule has 0 saturated carbocycles. The molecule has 0 aliphatic carbocycles. The van der Waals surface area contributed by atoms with E-state index in [1.54, 1.807) is 14.2 Å². The molecule has 1 aromatic carbocycles. The first-order valence-electron chi connectivity index (χ1n) is 6.00. The van der Waals surface area contributed by atoms with Crippen molar-refractivity contribution < 1.29 is 26.4 Å². The highest BCUT2D eigenvalue weighted by Gasteiger charge is 2.12. The monoisotopic (exact) mass is 357 g/mol. The van der Waals surface area contributed by atoms with Crippen molar-refractivity contribution in [2.24, 2.45) is 0 Å². The molecular formula is C15H17BrClNO2. The van der Waals surface area contributed by atoms with Gasteiger partial charge in [0.1, 0.15) is 0 Å². The summed E-state index contributed by atoms with van der Waals surface area (Å²) in [5.41, 5.74) is 2.40. The molecule has 2 aromatic rings. The van der Waals surface area contributed by atoms with Crippen LogP contribution in [0.1, 0.15) is 11.1 Å². The molecular weight excluding hydrogens is 342 g/mol. The summed E-state index contributed by atoms with van der Waals surface area (Å²) in [7, 11) is 3.28. The van der Waals surface area contributed by atoms with Gasteiger partial charge in [0.2, 0.25) is 0 Å². The van der Waals surface area contributed by atoms with Crippen LogP contribution < -0.4 is 26.4 Å². The Kier molecular flexibility index (Phi) is 6.30. The first kappa shape index (κ1) is 16.8. The number of hydrogen-bond acceptors (Lipinski definition) is 2. The Labute approximate surface area is 134 Å². The van der Waals surface area contributed by atoms with Gasteiger partial charge in [-0.3, -0.25) is 0 Å². The normalized spacial score (nSPS) is 9.80. The van der Waals surface area contributed by atoms with Crippen LogP contribution in [0.25, 0.3) is 0 Å². The molecule has 108 valence electrons. The molecule has 0 aliphatic heterocycles. The number of rotatable bonds is 4. The summed E-state index contributed by atoms with van der Waals surface area (Å²) in [5, 5.41) is 0. The quantitative estimate of drug-likeness (QED) is 0.724. The molecule has 3 nitrogen and oxygen atoms in total. The SMILES string of the molecule is COc1cc(Br)c(C[n+]2ccc(C)cc2)cc1OC.[Cl-]. The molecule has 2 rings (SSSR count). The van der Waals surface area contributed by atoms with E-state index in [-0.39, 0.29) is 12.4 Å². The van der Waals surface area contributed by atoms with Crippen LogP contribution in [0.15, 0.2) is 41.1 Å². The summed E-state index contributed by atoms with van der Waals surface area (Å²) >= 11 is 3.57. The molecule has 0 amide bonds. The number of halogens is 2. The van der Waals surface area contributed by atoms with E-state index in [1.165, 1.54) is 5.56 Å². The second-order valence-corrected chi connectivity index (χ2v) is 5.20. The number of aryl methyl sites for hydroxylation is 1. The number of benzene rings is 1. The Morgan fingerprint density at radius 3 is 2.15 bits per heavy atom. The van der Waals surface area contributed by atoms with Gasteiger partial charge in [0.15, 0.2) is 30.4 Å². The molecule has 0 spiro atoms. The maximum absolute atomic E-state index is 5.33. The molecule has 20 heavy (non-hydrogen) atoms. The minimum absolute atomic E-state index is 0. The van der Waals surface area contributed by atoms with Crippen molar-refractivity contribution in [1.82, 2.24) is 0 Å². The Hall–Kier alpha value is -1.26. The molecule has 0 atom stereocenters. The summed E-state index contributed by atoms with van der Waals surface area (Å²) in [6, 6.07) is 8.11. The lowest BCUT2D eigenvalue weighted by Gasteiger charge is -2.10. The predicted molar refractivity (Wildman–Crippen MR) is 77.7 cm³/mol.